The number of hydrogen-bond acceptors (Lipinski definition) is 2. The van der Waals surface area contributed by atoms with E-state index in [2.05, 4.69) is 0 Å². The number of halogens is 1. The van der Waals surface area contributed by atoms with Gasteiger partial charge in [0.15, 0.2) is 0 Å². The summed E-state index contributed by atoms with van der Waals surface area (Å²) in [7, 11) is 0. The van der Waals surface area contributed by atoms with Crippen LogP contribution in [0.4, 0.5) is 4.39 Å². The zero-order valence-corrected chi connectivity index (χ0v) is 10.1. The van der Waals surface area contributed by atoms with Gasteiger partial charge >= 0.3 is 0 Å². The lowest BCUT2D eigenvalue weighted by atomic mass is 10.2. The second kappa shape index (κ2) is 5.15. The number of benzene rings is 2. The molecule has 0 fully saturated rings. The molecular weight excluding hydrogens is 235 g/mol. The van der Waals surface area contributed by atoms with Crippen molar-refractivity contribution in [3.8, 4) is 0 Å². The quantitative estimate of drug-likeness (QED) is 0.743. The topological polar surface area (TPSA) is 17.1 Å². The molecule has 0 aliphatic rings. The first-order valence-electron chi connectivity index (χ1n) is 5.19. The Hall–Kier alpha value is -1.61. The summed E-state index contributed by atoms with van der Waals surface area (Å²) in [5.74, 6) is -0.332. The largest absolute Gasteiger partial charge is 0.281 e. The lowest BCUT2D eigenvalue weighted by Crippen LogP contribution is -1.93. The monoisotopic (exact) mass is 246 g/mol. The molecule has 0 aliphatic heterocycles. The number of carbonyl (C=O) groups excluding carboxylic acids is 1. The Morgan fingerprint density at radius 3 is 2.18 bits per heavy atom. The van der Waals surface area contributed by atoms with Crippen molar-refractivity contribution < 1.29 is 9.18 Å². The molecule has 0 saturated heterocycles. The number of thioether (sulfide) groups is 1. The molecule has 0 unspecified atom stereocenters. The van der Waals surface area contributed by atoms with Crippen molar-refractivity contribution >= 4 is 16.9 Å². The predicted octanol–water partition coefficient (Wildman–Crippen LogP) is 4.07. The highest BCUT2D eigenvalue weighted by Crippen LogP contribution is 2.23. The second-order valence-electron chi connectivity index (χ2n) is 3.71. The summed E-state index contributed by atoms with van der Waals surface area (Å²) in [6.45, 7) is 2.00. The van der Waals surface area contributed by atoms with Crippen LogP contribution in [0.25, 0.3) is 0 Å². The molecule has 0 heterocycles. The van der Waals surface area contributed by atoms with Gasteiger partial charge in [0, 0.05) is 10.5 Å². The fourth-order valence-corrected chi connectivity index (χ4v) is 2.10. The van der Waals surface area contributed by atoms with E-state index >= 15 is 0 Å². The molecule has 1 nitrogen and oxygen atoms in total. The van der Waals surface area contributed by atoms with Crippen molar-refractivity contribution in [1.29, 1.82) is 0 Å². The van der Waals surface area contributed by atoms with Crippen LogP contribution < -0.4 is 0 Å². The first-order chi connectivity index (χ1) is 8.15. The van der Waals surface area contributed by atoms with Crippen LogP contribution in [0.15, 0.2) is 53.4 Å². The summed E-state index contributed by atoms with van der Waals surface area (Å²) in [6.07, 6.45) is 0. The van der Waals surface area contributed by atoms with E-state index in [1.807, 2.05) is 31.2 Å². The lowest BCUT2D eigenvalue weighted by Gasteiger charge is -2.01. The highest BCUT2D eigenvalue weighted by atomic mass is 32.2. The molecule has 0 aromatic heterocycles. The number of rotatable bonds is 2. The van der Waals surface area contributed by atoms with Crippen LogP contribution in [0.5, 0.6) is 0 Å². The number of carbonyl (C=O) groups is 1. The summed E-state index contributed by atoms with van der Waals surface area (Å²) in [6, 6.07) is 13.3. The molecule has 0 radical (unpaired) electrons. The summed E-state index contributed by atoms with van der Waals surface area (Å²) in [5.41, 5.74) is 1.67. The van der Waals surface area contributed by atoms with Gasteiger partial charge in [0.2, 0.25) is 5.12 Å². The van der Waals surface area contributed by atoms with Crippen LogP contribution in [0.1, 0.15) is 15.9 Å². The molecule has 2 aromatic rings. The minimum Gasteiger partial charge on any atom is -0.281 e. The van der Waals surface area contributed by atoms with E-state index in [1.54, 1.807) is 0 Å². The van der Waals surface area contributed by atoms with E-state index in [-0.39, 0.29) is 10.9 Å². The standard InChI is InChI=1S/C14H11FOS/c1-10-2-8-13(9-3-10)17-14(16)11-4-6-12(15)7-5-11/h2-9H,1H3. The molecule has 0 spiro atoms. The van der Waals surface area contributed by atoms with Crippen molar-refractivity contribution in [2.45, 2.75) is 11.8 Å². The van der Waals surface area contributed by atoms with Crippen LogP contribution in [0.2, 0.25) is 0 Å². The summed E-state index contributed by atoms with van der Waals surface area (Å²) < 4.78 is 12.7. The van der Waals surface area contributed by atoms with E-state index in [1.165, 1.54) is 24.3 Å². The number of aryl methyl sites for hydroxylation is 1. The van der Waals surface area contributed by atoms with E-state index in [0.29, 0.717) is 5.56 Å². The maximum absolute atomic E-state index is 12.7. The van der Waals surface area contributed by atoms with Gasteiger partial charge in [-0.1, -0.05) is 17.7 Å². The third kappa shape index (κ3) is 3.17. The molecule has 17 heavy (non-hydrogen) atoms. The van der Waals surface area contributed by atoms with Crippen molar-refractivity contribution in [3.05, 3.63) is 65.5 Å². The maximum atomic E-state index is 12.7. The Kier molecular flexibility index (Phi) is 3.59. The molecule has 0 bridgehead atoms. The van der Waals surface area contributed by atoms with Gasteiger partial charge in [0.1, 0.15) is 5.82 Å². The minimum absolute atomic E-state index is 0.0751. The van der Waals surface area contributed by atoms with Crippen LogP contribution >= 0.6 is 11.8 Å². The molecule has 0 atom stereocenters. The van der Waals surface area contributed by atoms with E-state index in [0.717, 1.165) is 22.2 Å². The van der Waals surface area contributed by atoms with Crippen LogP contribution in [-0.4, -0.2) is 5.12 Å². The number of hydrogen-bond donors (Lipinski definition) is 0. The van der Waals surface area contributed by atoms with Gasteiger partial charge in [-0.05, 0) is 55.1 Å². The van der Waals surface area contributed by atoms with Gasteiger partial charge in [-0.25, -0.2) is 4.39 Å². The van der Waals surface area contributed by atoms with E-state index in [4.69, 9.17) is 0 Å². The zero-order valence-electron chi connectivity index (χ0n) is 9.31. The fraction of sp³-hybridized carbons (Fsp3) is 0.0714. The van der Waals surface area contributed by atoms with E-state index in [9.17, 15) is 9.18 Å². The normalized spacial score (nSPS) is 10.2. The Labute approximate surface area is 104 Å². The molecule has 86 valence electrons. The molecule has 0 saturated carbocycles. The summed E-state index contributed by atoms with van der Waals surface area (Å²) in [5, 5.41) is -0.0751. The van der Waals surface area contributed by atoms with Gasteiger partial charge < -0.3 is 0 Å². The molecule has 0 amide bonds. The third-order valence-corrected chi connectivity index (χ3v) is 3.24. The maximum Gasteiger partial charge on any atom is 0.224 e. The highest BCUT2D eigenvalue weighted by molar-refractivity contribution is 8.14. The molecule has 0 N–H and O–H groups in total. The van der Waals surface area contributed by atoms with Gasteiger partial charge in [-0.3, -0.25) is 4.79 Å². The average molecular weight is 246 g/mol. The Morgan fingerprint density at radius 2 is 1.59 bits per heavy atom. The van der Waals surface area contributed by atoms with Crippen LogP contribution in [-0.2, 0) is 0 Å². The fourth-order valence-electron chi connectivity index (χ4n) is 1.36. The molecule has 2 aromatic carbocycles. The van der Waals surface area contributed by atoms with Gasteiger partial charge in [0.05, 0.1) is 0 Å². The molecule has 2 rings (SSSR count). The third-order valence-electron chi connectivity index (χ3n) is 2.31. The second-order valence-corrected chi connectivity index (χ2v) is 4.76. The van der Waals surface area contributed by atoms with Gasteiger partial charge in [-0.15, -0.1) is 0 Å². The Balaban J connectivity index is 2.11. The SMILES string of the molecule is Cc1ccc(SC(=O)c2ccc(F)cc2)cc1. The van der Waals surface area contributed by atoms with Crippen molar-refractivity contribution in [2.75, 3.05) is 0 Å². The van der Waals surface area contributed by atoms with Crippen LogP contribution in [0.3, 0.4) is 0 Å². The van der Waals surface area contributed by atoms with E-state index < -0.39 is 0 Å². The first kappa shape index (κ1) is 11.9. The molecule has 0 aliphatic carbocycles. The minimum atomic E-state index is -0.332. The van der Waals surface area contributed by atoms with Gasteiger partial charge in [0.25, 0.3) is 0 Å². The Bertz CT molecular complexity index is 517. The first-order valence-corrected chi connectivity index (χ1v) is 6.01. The highest BCUT2D eigenvalue weighted by Gasteiger charge is 2.07. The Morgan fingerprint density at radius 1 is 1.00 bits per heavy atom. The van der Waals surface area contributed by atoms with Crippen LogP contribution in [0, 0.1) is 12.7 Å². The average Bonchev–Trinajstić information content (AvgIpc) is 2.33. The van der Waals surface area contributed by atoms with Crippen molar-refractivity contribution in [3.63, 3.8) is 0 Å². The molecular formula is C14H11FOS. The van der Waals surface area contributed by atoms with Crippen molar-refractivity contribution in [1.82, 2.24) is 0 Å². The smallest absolute Gasteiger partial charge is 0.224 e. The molecule has 3 heteroatoms. The van der Waals surface area contributed by atoms with Gasteiger partial charge in [-0.2, -0.15) is 0 Å². The van der Waals surface area contributed by atoms with Crippen molar-refractivity contribution in [2.24, 2.45) is 0 Å². The zero-order chi connectivity index (χ0) is 12.3. The lowest BCUT2D eigenvalue weighted by molar-refractivity contribution is 0.108. The summed E-state index contributed by atoms with van der Waals surface area (Å²) >= 11 is 1.15. The predicted molar refractivity (Wildman–Crippen MR) is 67.8 cm³/mol. The summed E-state index contributed by atoms with van der Waals surface area (Å²) in [4.78, 5) is 12.7.